The molecule has 5 fully saturated rings. The lowest BCUT2D eigenvalue weighted by Gasteiger charge is -2.61. The predicted molar refractivity (Wildman–Crippen MR) is 128 cm³/mol. The van der Waals surface area contributed by atoms with Crippen molar-refractivity contribution in [2.45, 2.75) is 111 Å². The van der Waals surface area contributed by atoms with Crippen molar-refractivity contribution in [1.29, 1.82) is 0 Å². The molecular weight excluding hydrogens is 396 g/mol. The van der Waals surface area contributed by atoms with E-state index in [-0.39, 0.29) is 29.0 Å². The third-order valence-corrected chi connectivity index (χ3v) is 12.3. The normalized spacial score (nSPS) is 54.3. The lowest BCUT2D eigenvalue weighted by molar-refractivity contribution is -0.172. The van der Waals surface area contributed by atoms with E-state index in [1.54, 1.807) is 0 Å². The Morgan fingerprint density at radius 2 is 1.69 bits per heavy atom. The zero-order chi connectivity index (χ0) is 23.0. The van der Waals surface area contributed by atoms with Gasteiger partial charge in [0, 0.05) is 18.3 Å². The number of fused-ring (bicyclic) bond motifs is 5. The maximum absolute atomic E-state index is 12.2. The molecule has 0 saturated heterocycles. The maximum atomic E-state index is 12.2. The van der Waals surface area contributed by atoms with Gasteiger partial charge < -0.3 is 10.2 Å². The van der Waals surface area contributed by atoms with E-state index in [0.29, 0.717) is 35.4 Å². The molecule has 0 aromatic heterocycles. The first kappa shape index (κ1) is 23.3. The second kappa shape index (κ2) is 8.08. The van der Waals surface area contributed by atoms with Crippen LogP contribution in [0.15, 0.2) is 0 Å². The van der Waals surface area contributed by atoms with Crippen molar-refractivity contribution in [3.63, 3.8) is 0 Å². The van der Waals surface area contributed by atoms with E-state index in [1.807, 2.05) is 0 Å². The van der Waals surface area contributed by atoms with E-state index in [1.165, 1.54) is 32.1 Å². The number of aliphatic hydroxyl groups excluding tert-OH is 2. The highest BCUT2D eigenvalue weighted by Gasteiger charge is 2.65. The molecule has 0 bridgehead atoms. The van der Waals surface area contributed by atoms with Gasteiger partial charge in [-0.25, -0.2) is 0 Å². The number of aliphatic hydroxyl groups is 2. The van der Waals surface area contributed by atoms with Gasteiger partial charge >= 0.3 is 0 Å². The summed E-state index contributed by atoms with van der Waals surface area (Å²) >= 11 is 0. The Morgan fingerprint density at radius 3 is 2.38 bits per heavy atom. The van der Waals surface area contributed by atoms with Gasteiger partial charge in [0.2, 0.25) is 0 Å². The minimum atomic E-state index is -0.326. The number of hydrogen-bond donors (Lipinski definition) is 2. The fourth-order valence-electron chi connectivity index (χ4n) is 10.1. The first-order chi connectivity index (χ1) is 15.1. The predicted octanol–water partition coefficient (Wildman–Crippen LogP) is 5.86. The molecule has 3 nitrogen and oxygen atoms in total. The summed E-state index contributed by atoms with van der Waals surface area (Å²) in [5.74, 6) is 5.79. The van der Waals surface area contributed by atoms with Crippen LogP contribution in [0.4, 0.5) is 0 Å². The SMILES string of the molecule is CC(CCC(C)C1C(O)CC2C3CCC4CC(=O)CCC4(C)C3CC(O)C21C)C1CC1C. The molecule has 0 heterocycles. The van der Waals surface area contributed by atoms with Crippen LogP contribution in [0, 0.1) is 64.1 Å². The Labute approximate surface area is 196 Å². The Bertz CT molecular complexity index is 734. The molecule has 0 aromatic rings. The number of rotatable bonds is 5. The van der Waals surface area contributed by atoms with Crippen molar-refractivity contribution in [3.05, 3.63) is 0 Å². The molecule has 0 amide bonds. The number of Topliss-reactive ketones (excluding diaryl/α,β-unsaturated/α-hetero) is 1. The monoisotopic (exact) mass is 444 g/mol. The Kier molecular flexibility index (Phi) is 5.89. The van der Waals surface area contributed by atoms with Crippen LogP contribution < -0.4 is 0 Å². The van der Waals surface area contributed by atoms with Crippen LogP contribution >= 0.6 is 0 Å². The molecule has 13 unspecified atom stereocenters. The van der Waals surface area contributed by atoms with E-state index in [2.05, 4.69) is 34.6 Å². The summed E-state index contributed by atoms with van der Waals surface area (Å²) in [5.41, 5.74) is 0.0357. The standard InChI is InChI=1S/C29H48O3/c1-16(22-12-18(22)3)6-7-17(2)27-25(31)14-24-21-9-8-19-13-20(30)10-11-28(19,4)23(21)15-26(32)29(24,27)5/h16-19,21-27,31-32H,6-15H2,1-5H3. The average molecular weight is 445 g/mol. The fraction of sp³-hybridized carbons (Fsp3) is 0.966. The van der Waals surface area contributed by atoms with Crippen LogP contribution in [0.25, 0.3) is 0 Å². The summed E-state index contributed by atoms with van der Waals surface area (Å²) in [6.45, 7) is 11.9. The van der Waals surface area contributed by atoms with Gasteiger partial charge in [0.15, 0.2) is 0 Å². The van der Waals surface area contributed by atoms with Gasteiger partial charge in [0.1, 0.15) is 5.78 Å². The van der Waals surface area contributed by atoms with Crippen molar-refractivity contribution in [2.75, 3.05) is 0 Å². The molecule has 5 aliphatic rings. The molecule has 3 heteroatoms. The highest BCUT2D eigenvalue weighted by Crippen LogP contribution is 2.68. The van der Waals surface area contributed by atoms with E-state index in [4.69, 9.17) is 0 Å². The summed E-state index contributed by atoms with van der Waals surface area (Å²) in [6.07, 6.45) is 9.84. The molecule has 5 saturated carbocycles. The van der Waals surface area contributed by atoms with Gasteiger partial charge in [-0.1, -0.05) is 47.5 Å². The Balaban J connectivity index is 1.34. The quantitative estimate of drug-likeness (QED) is 0.558. The number of ketones is 1. The van der Waals surface area contributed by atoms with Crippen molar-refractivity contribution in [1.82, 2.24) is 0 Å². The summed E-state index contributed by atoms with van der Waals surface area (Å²) in [6, 6.07) is 0. The van der Waals surface area contributed by atoms with Gasteiger partial charge in [0.25, 0.3) is 0 Å². The molecule has 2 N–H and O–H groups in total. The second-order valence-corrected chi connectivity index (χ2v) is 13.8. The second-order valence-electron chi connectivity index (χ2n) is 13.8. The lowest BCUT2D eigenvalue weighted by Crippen LogP contribution is -2.58. The number of hydrogen-bond acceptors (Lipinski definition) is 3. The van der Waals surface area contributed by atoms with E-state index in [0.717, 1.165) is 49.9 Å². The topological polar surface area (TPSA) is 57.5 Å². The van der Waals surface area contributed by atoms with Crippen LogP contribution in [0.2, 0.25) is 0 Å². The lowest BCUT2D eigenvalue weighted by atomic mass is 9.44. The van der Waals surface area contributed by atoms with Crippen molar-refractivity contribution >= 4 is 5.78 Å². The molecular formula is C29H48O3. The zero-order valence-electron chi connectivity index (χ0n) is 21.2. The molecule has 0 spiro atoms. The highest BCUT2D eigenvalue weighted by atomic mass is 16.3. The highest BCUT2D eigenvalue weighted by molar-refractivity contribution is 5.79. The first-order valence-corrected chi connectivity index (χ1v) is 13.9. The van der Waals surface area contributed by atoms with Crippen LogP contribution in [0.5, 0.6) is 0 Å². The van der Waals surface area contributed by atoms with Gasteiger partial charge in [0.05, 0.1) is 12.2 Å². The molecule has 0 aromatic carbocycles. The van der Waals surface area contributed by atoms with Crippen molar-refractivity contribution in [3.8, 4) is 0 Å². The summed E-state index contributed by atoms with van der Waals surface area (Å²) in [7, 11) is 0. The van der Waals surface area contributed by atoms with Gasteiger partial charge in [-0.3, -0.25) is 4.79 Å². The van der Waals surface area contributed by atoms with Crippen LogP contribution in [0.3, 0.4) is 0 Å². The first-order valence-electron chi connectivity index (χ1n) is 13.9. The van der Waals surface area contributed by atoms with E-state index in [9.17, 15) is 15.0 Å². The average Bonchev–Trinajstić information content (AvgIpc) is 3.40. The molecule has 5 aliphatic carbocycles. The molecule has 13 atom stereocenters. The number of carbonyl (C=O) groups is 1. The summed E-state index contributed by atoms with van der Waals surface area (Å²) in [4.78, 5) is 12.2. The van der Waals surface area contributed by atoms with Gasteiger partial charge in [-0.05, 0) is 97.2 Å². The van der Waals surface area contributed by atoms with Crippen LogP contribution in [-0.2, 0) is 4.79 Å². The maximum Gasteiger partial charge on any atom is 0.133 e. The third kappa shape index (κ3) is 3.46. The third-order valence-electron chi connectivity index (χ3n) is 12.3. The molecule has 182 valence electrons. The van der Waals surface area contributed by atoms with Crippen molar-refractivity contribution < 1.29 is 15.0 Å². The Hall–Kier alpha value is -0.410. The van der Waals surface area contributed by atoms with Crippen LogP contribution in [0.1, 0.15) is 98.8 Å². The molecule has 0 radical (unpaired) electrons. The largest absolute Gasteiger partial charge is 0.393 e. The minimum absolute atomic E-state index is 0.163. The molecule has 5 rings (SSSR count). The van der Waals surface area contributed by atoms with Crippen molar-refractivity contribution in [2.24, 2.45) is 64.1 Å². The van der Waals surface area contributed by atoms with Gasteiger partial charge in [-0.15, -0.1) is 0 Å². The molecule has 0 aliphatic heterocycles. The van der Waals surface area contributed by atoms with Gasteiger partial charge in [-0.2, -0.15) is 0 Å². The Morgan fingerprint density at radius 1 is 1.00 bits per heavy atom. The van der Waals surface area contributed by atoms with E-state index < -0.39 is 0 Å². The summed E-state index contributed by atoms with van der Waals surface area (Å²) < 4.78 is 0. The molecule has 32 heavy (non-hydrogen) atoms. The van der Waals surface area contributed by atoms with Crippen LogP contribution in [-0.4, -0.2) is 28.2 Å². The fourth-order valence-corrected chi connectivity index (χ4v) is 10.1. The number of carbonyl (C=O) groups excluding carboxylic acids is 1. The summed E-state index contributed by atoms with van der Waals surface area (Å²) in [5, 5.41) is 23.1. The smallest absolute Gasteiger partial charge is 0.133 e. The minimum Gasteiger partial charge on any atom is -0.393 e. The zero-order valence-corrected chi connectivity index (χ0v) is 21.2. The van der Waals surface area contributed by atoms with E-state index >= 15 is 0 Å².